The summed E-state index contributed by atoms with van der Waals surface area (Å²) < 4.78 is 25.7. The van der Waals surface area contributed by atoms with E-state index in [1.165, 1.54) is 5.56 Å². The first-order valence-electron chi connectivity index (χ1n) is 6.65. The molecule has 102 valence electrons. The number of hydrogen-bond donors (Lipinski definition) is 1. The highest BCUT2D eigenvalue weighted by molar-refractivity contribution is 5.25. The van der Waals surface area contributed by atoms with Crippen molar-refractivity contribution in [1.29, 1.82) is 0 Å². The monoisotopic (exact) mass is 255 g/mol. The first-order chi connectivity index (χ1) is 8.54. The second-order valence-corrected chi connectivity index (χ2v) is 5.00. The fourth-order valence-electron chi connectivity index (χ4n) is 1.87. The Morgan fingerprint density at radius 1 is 1.11 bits per heavy atom. The zero-order valence-electron chi connectivity index (χ0n) is 11.4. The van der Waals surface area contributed by atoms with Crippen LogP contribution in [0.2, 0.25) is 0 Å². The van der Waals surface area contributed by atoms with Crippen LogP contribution in [0.4, 0.5) is 8.78 Å². The van der Waals surface area contributed by atoms with Crippen LogP contribution < -0.4 is 5.32 Å². The predicted molar refractivity (Wildman–Crippen MR) is 72.3 cm³/mol. The first-order valence-corrected chi connectivity index (χ1v) is 6.65. The normalized spacial score (nSPS) is 13.3. The standard InChI is InChI=1S/C15H23F2N/c1-4-9-18-14(15(16)17)10-12-5-7-13(8-6-12)11(2)3/h5-8,11,14-15,18H,4,9-10H2,1-3H3. The highest BCUT2D eigenvalue weighted by Crippen LogP contribution is 2.16. The van der Waals surface area contributed by atoms with E-state index < -0.39 is 12.5 Å². The molecule has 0 spiro atoms. The van der Waals surface area contributed by atoms with Crippen LogP contribution in [-0.2, 0) is 6.42 Å². The molecule has 3 heteroatoms. The van der Waals surface area contributed by atoms with E-state index in [4.69, 9.17) is 0 Å². The smallest absolute Gasteiger partial charge is 0.254 e. The van der Waals surface area contributed by atoms with Gasteiger partial charge in [0, 0.05) is 0 Å². The maximum atomic E-state index is 12.9. The summed E-state index contributed by atoms with van der Waals surface area (Å²) in [6.45, 7) is 6.87. The summed E-state index contributed by atoms with van der Waals surface area (Å²) in [5.74, 6) is 0.475. The number of rotatable bonds is 7. The van der Waals surface area contributed by atoms with Crippen molar-refractivity contribution in [2.45, 2.75) is 52.0 Å². The summed E-state index contributed by atoms with van der Waals surface area (Å²) in [6, 6.07) is 7.23. The lowest BCUT2D eigenvalue weighted by Gasteiger charge is -2.18. The summed E-state index contributed by atoms with van der Waals surface area (Å²) in [5.41, 5.74) is 2.21. The van der Waals surface area contributed by atoms with Crippen molar-refractivity contribution >= 4 is 0 Å². The molecule has 0 saturated heterocycles. The third-order valence-corrected chi connectivity index (χ3v) is 3.06. The van der Waals surface area contributed by atoms with E-state index in [0.717, 1.165) is 12.0 Å². The van der Waals surface area contributed by atoms with E-state index >= 15 is 0 Å². The lowest BCUT2D eigenvalue weighted by molar-refractivity contribution is 0.0983. The van der Waals surface area contributed by atoms with Crippen molar-refractivity contribution < 1.29 is 8.78 Å². The fourth-order valence-corrected chi connectivity index (χ4v) is 1.87. The lowest BCUT2D eigenvalue weighted by atomic mass is 9.99. The number of benzene rings is 1. The van der Waals surface area contributed by atoms with Crippen LogP contribution in [0.3, 0.4) is 0 Å². The molecule has 0 aliphatic heterocycles. The molecule has 0 saturated carbocycles. The van der Waals surface area contributed by atoms with Crippen LogP contribution in [0.25, 0.3) is 0 Å². The van der Waals surface area contributed by atoms with Crippen LogP contribution in [0.1, 0.15) is 44.2 Å². The van der Waals surface area contributed by atoms with Crippen molar-refractivity contribution in [3.05, 3.63) is 35.4 Å². The summed E-state index contributed by atoms with van der Waals surface area (Å²) >= 11 is 0. The third-order valence-electron chi connectivity index (χ3n) is 3.06. The molecule has 1 atom stereocenters. The minimum absolute atomic E-state index is 0.385. The van der Waals surface area contributed by atoms with E-state index in [0.29, 0.717) is 18.9 Å². The van der Waals surface area contributed by atoms with Gasteiger partial charge in [0.25, 0.3) is 6.43 Å². The quantitative estimate of drug-likeness (QED) is 0.777. The van der Waals surface area contributed by atoms with Crippen LogP contribution in [0.15, 0.2) is 24.3 Å². The molecule has 1 unspecified atom stereocenters. The van der Waals surface area contributed by atoms with Gasteiger partial charge in [-0.2, -0.15) is 0 Å². The van der Waals surface area contributed by atoms with E-state index in [1.54, 1.807) is 0 Å². The summed E-state index contributed by atoms with van der Waals surface area (Å²) in [7, 11) is 0. The zero-order chi connectivity index (χ0) is 13.5. The minimum atomic E-state index is -2.32. The number of nitrogens with one attached hydrogen (secondary N) is 1. The molecule has 1 rings (SSSR count). The Hall–Kier alpha value is -0.960. The van der Waals surface area contributed by atoms with Gasteiger partial charge in [0.1, 0.15) is 0 Å². The summed E-state index contributed by atoms with van der Waals surface area (Å²) in [4.78, 5) is 0. The van der Waals surface area contributed by atoms with Crippen molar-refractivity contribution in [2.24, 2.45) is 0 Å². The molecule has 0 aliphatic carbocycles. The second-order valence-electron chi connectivity index (χ2n) is 5.00. The van der Waals surface area contributed by atoms with Crippen LogP contribution in [-0.4, -0.2) is 19.0 Å². The minimum Gasteiger partial charge on any atom is -0.309 e. The van der Waals surface area contributed by atoms with Gasteiger partial charge in [-0.05, 0) is 36.4 Å². The molecule has 1 aromatic rings. The molecule has 18 heavy (non-hydrogen) atoms. The largest absolute Gasteiger partial charge is 0.309 e. The molecule has 0 amide bonds. The number of halogens is 2. The van der Waals surface area contributed by atoms with Gasteiger partial charge in [0.2, 0.25) is 0 Å². The van der Waals surface area contributed by atoms with Gasteiger partial charge in [-0.15, -0.1) is 0 Å². The Morgan fingerprint density at radius 3 is 2.17 bits per heavy atom. The molecule has 0 fully saturated rings. The zero-order valence-corrected chi connectivity index (χ0v) is 11.4. The molecular formula is C15H23F2N. The maximum absolute atomic E-state index is 12.9. The van der Waals surface area contributed by atoms with Crippen molar-refractivity contribution in [2.75, 3.05) is 6.54 Å². The van der Waals surface area contributed by atoms with Crippen molar-refractivity contribution in [1.82, 2.24) is 5.32 Å². The van der Waals surface area contributed by atoms with E-state index in [9.17, 15) is 8.78 Å². The number of alkyl halides is 2. The molecule has 0 bridgehead atoms. The highest BCUT2D eigenvalue weighted by atomic mass is 19.3. The van der Waals surface area contributed by atoms with Gasteiger partial charge in [-0.25, -0.2) is 8.78 Å². The topological polar surface area (TPSA) is 12.0 Å². The molecule has 0 heterocycles. The Kier molecular flexibility index (Phi) is 6.27. The predicted octanol–water partition coefficient (Wildman–Crippen LogP) is 3.99. The van der Waals surface area contributed by atoms with E-state index in [1.807, 2.05) is 31.2 Å². The third kappa shape index (κ3) is 4.73. The van der Waals surface area contributed by atoms with Gasteiger partial charge in [-0.1, -0.05) is 45.0 Å². The lowest BCUT2D eigenvalue weighted by Crippen LogP contribution is -2.37. The van der Waals surface area contributed by atoms with Gasteiger partial charge in [-0.3, -0.25) is 0 Å². The molecule has 0 aromatic heterocycles. The maximum Gasteiger partial charge on any atom is 0.254 e. The van der Waals surface area contributed by atoms with Gasteiger partial charge in [0.05, 0.1) is 6.04 Å². The Balaban J connectivity index is 2.63. The van der Waals surface area contributed by atoms with Gasteiger partial charge >= 0.3 is 0 Å². The Morgan fingerprint density at radius 2 is 1.72 bits per heavy atom. The van der Waals surface area contributed by atoms with Crippen LogP contribution in [0.5, 0.6) is 0 Å². The summed E-state index contributed by atoms with van der Waals surface area (Å²) in [5, 5.41) is 2.90. The second kappa shape index (κ2) is 7.47. The van der Waals surface area contributed by atoms with E-state index in [-0.39, 0.29) is 0 Å². The SMILES string of the molecule is CCCNC(Cc1ccc(C(C)C)cc1)C(F)F. The van der Waals surface area contributed by atoms with Crippen molar-refractivity contribution in [3.8, 4) is 0 Å². The molecule has 1 nitrogen and oxygen atoms in total. The number of hydrogen-bond acceptors (Lipinski definition) is 1. The van der Waals surface area contributed by atoms with Crippen LogP contribution in [0, 0.1) is 0 Å². The molecule has 1 aromatic carbocycles. The average Bonchev–Trinajstić information content (AvgIpc) is 2.34. The molecule has 0 aliphatic rings. The Bertz CT molecular complexity index is 333. The highest BCUT2D eigenvalue weighted by Gasteiger charge is 2.19. The fraction of sp³-hybridized carbons (Fsp3) is 0.600. The van der Waals surface area contributed by atoms with Crippen molar-refractivity contribution in [3.63, 3.8) is 0 Å². The Labute approximate surface area is 109 Å². The van der Waals surface area contributed by atoms with Gasteiger partial charge in [0.15, 0.2) is 0 Å². The molecule has 1 N–H and O–H groups in total. The average molecular weight is 255 g/mol. The molecule has 0 radical (unpaired) electrons. The van der Waals surface area contributed by atoms with Crippen LogP contribution >= 0.6 is 0 Å². The molecular weight excluding hydrogens is 232 g/mol. The first kappa shape index (κ1) is 15.1. The van der Waals surface area contributed by atoms with Gasteiger partial charge < -0.3 is 5.32 Å². The summed E-state index contributed by atoms with van der Waals surface area (Å²) in [6.07, 6.45) is -1.06. The van der Waals surface area contributed by atoms with E-state index in [2.05, 4.69) is 19.2 Å².